The van der Waals surface area contributed by atoms with Crippen LogP contribution < -0.4 is 10.2 Å². The number of rotatable bonds is 6. The Morgan fingerprint density at radius 1 is 1.00 bits per heavy atom. The van der Waals surface area contributed by atoms with Crippen molar-refractivity contribution in [2.45, 2.75) is 13.3 Å². The van der Waals surface area contributed by atoms with Crippen LogP contribution in [0.5, 0.6) is 0 Å². The highest BCUT2D eigenvalue weighted by Crippen LogP contribution is 2.33. The molecule has 1 N–H and O–H groups in total. The third-order valence-corrected chi connectivity index (χ3v) is 4.39. The maximum atomic E-state index is 12.0. The number of halogens is 3. The molecular weight excluding hydrogens is 383 g/mol. The standard InChI is InChI=1S/C18H17Cl3N2O2/c1-12(24)23(18-15(20)3-2-4-16(18)21)10-9-22-17(25)11-13-5-7-14(19)8-6-13/h2-8H,9-11H2,1H3,(H,22,25). The molecule has 0 radical (unpaired) electrons. The van der Waals surface area contributed by atoms with Gasteiger partial charge < -0.3 is 10.2 Å². The van der Waals surface area contributed by atoms with Gasteiger partial charge in [-0.3, -0.25) is 9.59 Å². The predicted octanol–water partition coefficient (Wildman–Crippen LogP) is 4.36. The Kier molecular flexibility index (Phi) is 7.12. The van der Waals surface area contributed by atoms with Gasteiger partial charge in [-0.15, -0.1) is 0 Å². The lowest BCUT2D eigenvalue weighted by molar-refractivity contribution is -0.121. The van der Waals surface area contributed by atoms with E-state index in [0.717, 1.165) is 5.56 Å². The number of anilines is 1. The Morgan fingerprint density at radius 3 is 2.16 bits per heavy atom. The molecule has 4 nitrogen and oxygen atoms in total. The van der Waals surface area contributed by atoms with Crippen LogP contribution in [-0.4, -0.2) is 24.9 Å². The van der Waals surface area contributed by atoms with Gasteiger partial charge in [-0.2, -0.15) is 0 Å². The fraction of sp³-hybridized carbons (Fsp3) is 0.222. The third kappa shape index (κ3) is 5.63. The summed E-state index contributed by atoms with van der Waals surface area (Å²) in [6.45, 7) is 1.98. The van der Waals surface area contributed by atoms with E-state index in [1.807, 2.05) is 0 Å². The molecule has 0 aliphatic rings. The highest BCUT2D eigenvalue weighted by molar-refractivity contribution is 6.39. The van der Waals surface area contributed by atoms with Crippen LogP contribution in [0.2, 0.25) is 15.1 Å². The molecule has 0 aromatic heterocycles. The van der Waals surface area contributed by atoms with Gasteiger partial charge in [-0.1, -0.05) is 53.0 Å². The van der Waals surface area contributed by atoms with E-state index in [1.165, 1.54) is 11.8 Å². The van der Waals surface area contributed by atoms with Crippen LogP contribution in [0.15, 0.2) is 42.5 Å². The van der Waals surface area contributed by atoms with Crippen LogP contribution in [0.4, 0.5) is 5.69 Å². The van der Waals surface area contributed by atoms with Crippen molar-refractivity contribution in [3.8, 4) is 0 Å². The Morgan fingerprint density at radius 2 is 1.60 bits per heavy atom. The van der Waals surface area contributed by atoms with Crippen molar-refractivity contribution in [2.24, 2.45) is 0 Å². The van der Waals surface area contributed by atoms with Crippen LogP contribution in [0, 0.1) is 0 Å². The molecule has 0 aliphatic carbocycles. The van der Waals surface area contributed by atoms with Gasteiger partial charge in [0.05, 0.1) is 22.2 Å². The van der Waals surface area contributed by atoms with Gasteiger partial charge in [-0.05, 0) is 29.8 Å². The van der Waals surface area contributed by atoms with Gasteiger partial charge in [-0.25, -0.2) is 0 Å². The Hall–Kier alpha value is -1.75. The number of nitrogens with one attached hydrogen (secondary N) is 1. The zero-order valence-corrected chi connectivity index (χ0v) is 15.8. The molecular formula is C18H17Cl3N2O2. The number of hydrogen-bond donors (Lipinski definition) is 1. The summed E-state index contributed by atoms with van der Waals surface area (Å²) in [5.74, 6) is -0.349. The minimum Gasteiger partial charge on any atom is -0.354 e. The first-order valence-electron chi connectivity index (χ1n) is 7.61. The van der Waals surface area contributed by atoms with E-state index in [4.69, 9.17) is 34.8 Å². The minimum absolute atomic E-state index is 0.143. The zero-order valence-electron chi connectivity index (χ0n) is 13.6. The van der Waals surface area contributed by atoms with E-state index < -0.39 is 0 Å². The SMILES string of the molecule is CC(=O)N(CCNC(=O)Cc1ccc(Cl)cc1)c1c(Cl)cccc1Cl. The molecule has 2 rings (SSSR count). The van der Waals surface area contributed by atoms with Crippen molar-refractivity contribution in [3.63, 3.8) is 0 Å². The van der Waals surface area contributed by atoms with Gasteiger partial charge in [0, 0.05) is 25.0 Å². The number of benzene rings is 2. The lowest BCUT2D eigenvalue weighted by Crippen LogP contribution is -2.38. The average Bonchev–Trinajstić information content (AvgIpc) is 2.55. The normalized spacial score (nSPS) is 10.4. The van der Waals surface area contributed by atoms with E-state index >= 15 is 0 Å². The van der Waals surface area contributed by atoms with Gasteiger partial charge in [0.2, 0.25) is 11.8 Å². The zero-order chi connectivity index (χ0) is 18.4. The molecule has 0 heterocycles. The molecule has 0 saturated carbocycles. The summed E-state index contributed by atoms with van der Waals surface area (Å²) in [7, 11) is 0. The van der Waals surface area contributed by atoms with Crippen LogP contribution in [0.25, 0.3) is 0 Å². The summed E-state index contributed by atoms with van der Waals surface area (Å²) >= 11 is 18.1. The Balaban J connectivity index is 1.94. The highest BCUT2D eigenvalue weighted by Gasteiger charge is 2.18. The minimum atomic E-state index is -0.207. The van der Waals surface area contributed by atoms with Crippen molar-refractivity contribution in [2.75, 3.05) is 18.0 Å². The Labute approximate surface area is 161 Å². The molecule has 0 unspecified atom stereocenters. The van der Waals surface area contributed by atoms with E-state index in [-0.39, 0.29) is 31.3 Å². The van der Waals surface area contributed by atoms with Gasteiger partial charge in [0.25, 0.3) is 0 Å². The molecule has 0 bridgehead atoms. The predicted molar refractivity (Wildman–Crippen MR) is 103 cm³/mol. The van der Waals surface area contributed by atoms with Crippen LogP contribution in [0.1, 0.15) is 12.5 Å². The van der Waals surface area contributed by atoms with E-state index in [1.54, 1.807) is 42.5 Å². The monoisotopic (exact) mass is 398 g/mol. The first-order valence-corrected chi connectivity index (χ1v) is 8.75. The maximum absolute atomic E-state index is 12.0. The summed E-state index contributed by atoms with van der Waals surface area (Å²) in [5, 5.41) is 4.18. The molecule has 0 spiro atoms. The molecule has 0 aliphatic heterocycles. The highest BCUT2D eigenvalue weighted by atomic mass is 35.5. The molecule has 2 aromatic rings. The lowest BCUT2D eigenvalue weighted by atomic mass is 10.1. The molecule has 25 heavy (non-hydrogen) atoms. The summed E-state index contributed by atoms with van der Waals surface area (Å²) in [6, 6.07) is 12.1. The number of carbonyl (C=O) groups is 2. The van der Waals surface area contributed by atoms with Crippen molar-refractivity contribution >= 4 is 52.3 Å². The second-order valence-electron chi connectivity index (χ2n) is 5.39. The van der Waals surface area contributed by atoms with Crippen molar-refractivity contribution < 1.29 is 9.59 Å². The molecule has 2 aromatic carbocycles. The molecule has 132 valence electrons. The number of hydrogen-bond acceptors (Lipinski definition) is 2. The summed E-state index contributed by atoms with van der Waals surface area (Å²) in [6.07, 6.45) is 0.240. The van der Waals surface area contributed by atoms with Crippen LogP contribution >= 0.6 is 34.8 Å². The molecule has 0 atom stereocenters. The number of nitrogens with zero attached hydrogens (tertiary/aromatic N) is 1. The van der Waals surface area contributed by atoms with Crippen molar-refractivity contribution in [1.29, 1.82) is 0 Å². The second kappa shape index (κ2) is 9.09. The molecule has 7 heteroatoms. The quantitative estimate of drug-likeness (QED) is 0.784. The number of para-hydroxylation sites is 1. The van der Waals surface area contributed by atoms with Crippen LogP contribution in [-0.2, 0) is 16.0 Å². The molecule has 2 amide bonds. The number of amides is 2. The van der Waals surface area contributed by atoms with Gasteiger partial charge in [0.15, 0.2) is 0 Å². The first-order chi connectivity index (χ1) is 11.9. The molecule has 0 saturated heterocycles. The van der Waals surface area contributed by atoms with E-state index in [2.05, 4.69) is 5.32 Å². The third-order valence-electron chi connectivity index (χ3n) is 3.52. The largest absolute Gasteiger partial charge is 0.354 e. The van der Waals surface area contributed by atoms with E-state index in [9.17, 15) is 9.59 Å². The molecule has 0 fully saturated rings. The van der Waals surface area contributed by atoms with E-state index in [0.29, 0.717) is 20.8 Å². The average molecular weight is 400 g/mol. The smallest absolute Gasteiger partial charge is 0.224 e. The summed E-state index contributed by atoms with van der Waals surface area (Å²) in [5.41, 5.74) is 1.31. The topological polar surface area (TPSA) is 49.4 Å². The first kappa shape index (κ1) is 19.6. The lowest BCUT2D eigenvalue weighted by Gasteiger charge is -2.23. The maximum Gasteiger partial charge on any atom is 0.224 e. The number of carbonyl (C=O) groups excluding carboxylic acids is 2. The summed E-state index contributed by atoms with van der Waals surface area (Å²) in [4.78, 5) is 25.4. The van der Waals surface area contributed by atoms with Crippen LogP contribution in [0.3, 0.4) is 0 Å². The summed E-state index contributed by atoms with van der Waals surface area (Å²) < 4.78 is 0. The van der Waals surface area contributed by atoms with Crippen molar-refractivity contribution in [1.82, 2.24) is 5.32 Å². The van der Waals surface area contributed by atoms with Crippen molar-refractivity contribution in [3.05, 3.63) is 63.1 Å². The fourth-order valence-corrected chi connectivity index (χ4v) is 3.06. The second-order valence-corrected chi connectivity index (χ2v) is 6.64. The van der Waals surface area contributed by atoms with Gasteiger partial charge >= 0.3 is 0 Å². The van der Waals surface area contributed by atoms with Gasteiger partial charge in [0.1, 0.15) is 0 Å². The Bertz CT molecular complexity index is 743. The fourth-order valence-electron chi connectivity index (χ4n) is 2.33.